The monoisotopic (exact) mass is 647 g/mol. The van der Waals surface area contributed by atoms with Gasteiger partial charge < -0.3 is 19.9 Å². The number of rotatable bonds is 11. The van der Waals surface area contributed by atoms with Crippen molar-refractivity contribution in [3.05, 3.63) is 41.4 Å². The molecule has 2 heterocycles. The lowest BCUT2D eigenvalue weighted by Gasteiger charge is -2.31. The molecular formula is C29H41N8O7P. The molecule has 2 amide bonds. The highest BCUT2D eigenvalue weighted by molar-refractivity contribution is 7.48. The number of amides is 2. The first kappa shape index (κ1) is 29.8. The molecule has 2 aromatic heterocycles. The van der Waals surface area contributed by atoms with Crippen LogP contribution in [0.1, 0.15) is 68.9 Å². The van der Waals surface area contributed by atoms with E-state index in [9.17, 15) is 14.2 Å². The number of aromatic nitrogens is 5. The average molecular weight is 648 g/mol. The molecule has 0 unspecified atom stereocenters. The van der Waals surface area contributed by atoms with Gasteiger partial charge in [0.15, 0.2) is 5.75 Å². The van der Waals surface area contributed by atoms with E-state index in [-0.39, 0.29) is 45.8 Å². The minimum Gasteiger partial charge on any atom is -0.494 e. The van der Waals surface area contributed by atoms with Gasteiger partial charge in [-0.05, 0) is 71.7 Å². The zero-order valence-corrected chi connectivity index (χ0v) is 27.5. The molecule has 16 heteroatoms. The van der Waals surface area contributed by atoms with E-state index in [2.05, 4.69) is 25.7 Å². The highest BCUT2D eigenvalue weighted by atomic mass is 31.2. The summed E-state index contributed by atoms with van der Waals surface area (Å²) in [6.07, 6.45) is 2.64. The molecule has 1 aromatic carbocycles. The smallest absolute Gasteiger partial charge is 0.477 e. The van der Waals surface area contributed by atoms with Crippen LogP contribution in [0.15, 0.2) is 35.5 Å². The molecule has 1 aliphatic rings. The minimum atomic E-state index is -4.25. The number of nitrogens with one attached hydrogen (secondary N) is 2. The van der Waals surface area contributed by atoms with Gasteiger partial charge in [0.05, 0.1) is 41.8 Å². The number of benzene rings is 1. The van der Waals surface area contributed by atoms with Crippen LogP contribution in [0, 0.1) is 5.92 Å². The van der Waals surface area contributed by atoms with Gasteiger partial charge in [0.25, 0.3) is 5.91 Å². The number of hydrogen-bond donors (Lipinski definition) is 2. The third-order valence-corrected chi connectivity index (χ3v) is 7.99. The Morgan fingerprint density at radius 3 is 2.40 bits per heavy atom. The first-order valence-electron chi connectivity index (χ1n) is 15.7. The molecule has 0 aliphatic heterocycles. The van der Waals surface area contributed by atoms with Crippen molar-refractivity contribution >= 4 is 31.1 Å². The average Bonchev–Trinajstić information content (AvgIpc) is 3.69. The molecule has 244 valence electrons. The van der Waals surface area contributed by atoms with Crippen molar-refractivity contribution in [2.24, 2.45) is 18.0 Å². The van der Waals surface area contributed by atoms with Crippen LogP contribution in [0.25, 0.3) is 11.4 Å². The fourth-order valence-electron chi connectivity index (χ4n) is 4.11. The maximum absolute atomic E-state index is 13.8. The lowest BCUT2D eigenvalue weighted by atomic mass is 10.1. The number of ether oxygens (including phenoxy) is 1. The number of anilines is 1. The molecule has 3 aromatic rings. The molecule has 2 N–H and O–H groups in total. The largest absolute Gasteiger partial charge is 0.494 e. The van der Waals surface area contributed by atoms with Crippen molar-refractivity contribution in [3.8, 4) is 17.1 Å². The minimum absolute atomic E-state index is 0.0262. The second kappa shape index (κ2) is 13.2. The molecule has 0 atom stereocenters. The Labute approximate surface area is 266 Å². The number of aryl methyl sites for hydroxylation is 1. The van der Waals surface area contributed by atoms with Crippen LogP contribution in [0.4, 0.5) is 11.5 Å². The van der Waals surface area contributed by atoms with Gasteiger partial charge in [-0.2, -0.15) is 4.80 Å². The van der Waals surface area contributed by atoms with Gasteiger partial charge in [-0.1, -0.05) is 6.07 Å². The molecular weight excluding hydrogens is 603 g/mol. The number of tetrazole rings is 1. The van der Waals surface area contributed by atoms with Gasteiger partial charge in [-0.3, -0.25) is 23.2 Å². The summed E-state index contributed by atoms with van der Waals surface area (Å²) in [5.41, 5.74) is -1.39. The Bertz CT molecular complexity index is 1770. The van der Waals surface area contributed by atoms with Crippen molar-refractivity contribution < 1.29 is 36.6 Å². The van der Waals surface area contributed by atoms with Crippen LogP contribution < -0.4 is 20.7 Å². The highest BCUT2D eigenvalue weighted by Crippen LogP contribution is 2.55. The summed E-state index contributed by atoms with van der Waals surface area (Å²) in [4.78, 5) is 32.4. The molecule has 4 rings (SSSR count). The molecule has 1 fully saturated rings. The van der Waals surface area contributed by atoms with E-state index in [1.807, 2.05) is 5.32 Å². The zero-order valence-electron chi connectivity index (χ0n) is 29.6. The molecule has 1 saturated carbocycles. The SMILES string of the molecule is [2H]C([2H])([2H])NC(=O)c1cn(COP(=O)(OC(C)(C)C)OC(C)(C)C)c(NC(=O)C2CC2)cc1=Nc1cccc(-c2nnn(C)n2)c1OC. The number of phosphoric ester groups is 1. The van der Waals surface area contributed by atoms with Crippen LogP contribution in [0.5, 0.6) is 5.75 Å². The fourth-order valence-corrected chi connectivity index (χ4v) is 5.86. The van der Waals surface area contributed by atoms with E-state index in [1.54, 1.807) is 66.8 Å². The lowest BCUT2D eigenvalue weighted by Crippen LogP contribution is -2.30. The van der Waals surface area contributed by atoms with E-state index in [4.69, 9.17) is 22.4 Å². The van der Waals surface area contributed by atoms with Crippen molar-refractivity contribution in [1.82, 2.24) is 30.1 Å². The molecule has 45 heavy (non-hydrogen) atoms. The predicted molar refractivity (Wildman–Crippen MR) is 166 cm³/mol. The van der Waals surface area contributed by atoms with Gasteiger partial charge in [-0.15, -0.1) is 10.2 Å². The van der Waals surface area contributed by atoms with E-state index >= 15 is 0 Å². The normalized spacial score (nSPS) is 15.6. The molecule has 0 spiro atoms. The number of carbonyl (C=O) groups excluding carboxylic acids is 2. The molecule has 0 bridgehead atoms. The quantitative estimate of drug-likeness (QED) is 0.285. The van der Waals surface area contributed by atoms with E-state index in [1.165, 1.54) is 28.7 Å². The van der Waals surface area contributed by atoms with Crippen LogP contribution >= 0.6 is 7.82 Å². The third-order valence-electron chi connectivity index (χ3n) is 6.02. The van der Waals surface area contributed by atoms with E-state index in [0.29, 0.717) is 18.4 Å². The van der Waals surface area contributed by atoms with Crippen molar-refractivity contribution in [3.63, 3.8) is 0 Å². The topological polar surface area (TPSA) is 173 Å². The van der Waals surface area contributed by atoms with Crippen LogP contribution in [0.3, 0.4) is 0 Å². The van der Waals surface area contributed by atoms with Crippen LogP contribution in [-0.4, -0.2) is 61.9 Å². The summed E-state index contributed by atoms with van der Waals surface area (Å²) >= 11 is 0. The molecule has 0 saturated heterocycles. The number of phosphoric acid groups is 1. The second-order valence-electron chi connectivity index (χ2n) is 12.3. The third kappa shape index (κ3) is 9.07. The number of carbonyl (C=O) groups is 2. The summed E-state index contributed by atoms with van der Waals surface area (Å²) in [5, 5.41) is 16.9. The van der Waals surface area contributed by atoms with Crippen molar-refractivity contribution in [2.75, 3.05) is 19.4 Å². The summed E-state index contributed by atoms with van der Waals surface area (Å²) in [7, 11) is -1.22. The Morgan fingerprint density at radius 2 is 1.84 bits per heavy atom. The number of para-hydroxylation sites is 1. The molecule has 0 radical (unpaired) electrons. The van der Waals surface area contributed by atoms with Gasteiger partial charge in [0.2, 0.25) is 11.7 Å². The Hall–Kier alpha value is -3.91. The van der Waals surface area contributed by atoms with Gasteiger partial charge in [-0.25, -0.2) is 9.56 Å². The summed E-state index contributed by atoms with van der Waals surface area (Å²) < 4.78 is 60.9. The zero-order chi connectivity index (χ0) is 35.7. The Balaban J connectivity index is 1.90. The Morgan fingerprint density at radius 1 is 1.16 bits per heavy atom. The van der Waals surface area contributed by atoms with Crippen LogP contribution in [-0.2, 0) is 36.7 Å². The van der Waals surface area contributed by atoms with E-state index < -0.39 is 38.6 Å². The standard InChI is InChI=1S/C29H41N8O7P/c1-28(2,3)43-45(40,44-29(4,5)6)42-17-37-16-20(27(39)30-7)22(15-23(37)32-26(38)18-13-14-18)31-21-12-10-11-19(24(21)41-9)25-33-35-36(8)34-25/h10-12,15-16,18H,13-14,17H2,1-9H3,(H,30,39)(H,32,38)/i7D3. The van der Waals surface area contributed by atoms with Gasteiger partial charge >= 0.3 is 7.82 Å². The first-order chi connectivity index (χ1) is 22.2. The Kier molecular flexibility index (Phi) is 8.74. The maximum Gasteiger partial charge on any atom is 0.477 e. The summed E-state index contributed by atoms with van der Waals surface area (Å²) in [5.74, 6) is -0.896. The van der Waals surface area contributed by atoms with Gasteiger partial charge in [0.1, 0.15) is 18.2 Å². The second-order valence-corrected chi connectivity index (χ2v) is 13.8. The lowest BCUT2D eigenvalue weighted by molar-refractivity contribution is -0.117. The predicted octanol–water partition coefficient (Wildman–Crippen LogP) is 4.34. The maximum atomic E-state index is 13.8. The number of nitrogens with zero attached hydrogens (tertiary/aromatic N) is 6. The number of methoxy groups -OCH3 is 1. The van der Waals surface area contributed by atoms with Crippen molar-refractivity contribution in [1.29, 1.82) is 0 Å². The highest BCUT2D eigenvalue weighted by Gasteiger charge is 2.37. The van der Waals surface area contributed by atoms with Crippen LogP contribution in [0.2, 0.25) is 0 Å². The number of pyridine rings is 1. The van der Waals surface area contributed by atoms with Crippen molar-refractivity contribution in [2.45, 2.75) is 72.3 Å². The fraction of sp³-hybridized carbons (Fsp3) is 0.517. The first-order valence-corrected chi connectivity index (χ1v) is 15.6. The number of hydrogen-bond acceptors (Lipinski definition) is 11. The molecule has 15 nitrogen and oxygen atoms in total. The molecule has 1 aliphatic carbocycles. The summed E-state index contributed by atoms with van der Waals surface area (Å²) in [6, 6.07) is 6.36. The van der Waals surface area contributed by atoms with Gasteiger partial charge in [0, 0.05) is 29.3 Å². The van der Waals surface area contributed by atoms with E-state index in [0.717, 1.165) is 0 Å². The summed E-state index contributed by atoms with van der Waals surface area (Å²) in [6.45, 7) is 6.71.